The Balaban J connectivity index is 1.52. The van der Waals surface area contributed by atoms with Gasteiger partial charge >= 0.3 is 0 Å². The molecular weight excluding hydrogens is 340 g/mol. The molecule has 0 saturated heterocycles. The quantitative estimate of drug-likeness (QED) is 0.596. The Kier molecular flexibility index (Phi) is 4.10. The predicted molar refractivity (Wildman–Crippen MR) is 96.6 cm³/mol. The maximum Gasteiger partial charge on any atom is 0.251 e. The lowest BCUT2D eigenvalue weighted by atomic mass is 10.2. The monoisotopic (exact) mass is 354 g/mol. The summed E-state index contributed by atoms with van der Waals surface area (Å²) >= 11 is 3.20. The van der Waals surface area contributed by atoms with Crippen molar-refractivity contribution in [1.29, 1.82) is 0 Å². The fourth-order valence-corrected chi connectivity index (χ4v) is 4.09. The van der Waals surface area contributed by atoms with Crippen LogP contribution in [0.2, 0.25) is 0 Å². The molecule has 120 valence electrons. The third-order valence-electron chi connectivity index (χ3n) is 3.77. The van der Waals surface area contributed by atoms with E-state index in [1.807, 2.05) is 46.6 Å². The number of rotatable bonds is 5. The molecule has 3 aromatic heterocycles. The lowest BCUT2D eigenvalue weighted by Crippen LogP contribution is -2.31. The van der Waals surface area contributed by atoms with Crippen LogP contribution in [0.4, 0.5) is 0 Å². The van der Waals surface area contributed by atoms with Crippen molar-refractivity contribution in [2.45, 2.75) is 6.04 Å². The van der Waals surface area contributed by atoms with Gasteiger partial charge in [0.05, 0.1) is 15.7 Å². The number of carbonyl (C=O) groups excluding carboxylic acids is 1. The summed E-state index contributed by atoms with van der Waals surface area (Å²) in [6.07, 6.45) is 3.67. The minimum atomic E-state index is -0.0842. The Labute approximate surface area is 146 Å². The van der Waals surface area contributed by atoms with Gasteiger partial charge in [-0.3, -0.25) is 9.48 Å². The zero-order chi connectivity index (χ0) is 16.4. The molecule has 4 rings (SSSR count). The van der Waals surface area contributed by atoms with Gasteiger partial charge in [0.2, 0.25) is 0 Å². The fourth-order valence-electron chi connectivity index (χ4n) is 2.56. The second kappa shape index (κ2) is 6.54. The van der Waals surface area contributed by atoms with E-state index in [9.17, 15) is 4.79 Å². The maximum absolute atomic E-state index is 12.5. The maximum atomic E-state index is 12.5. The molecular formula is C17H14N4OS2. The number of aromatic nitrogens is 3. The van der Waals surface area contributed by atoms with Crippen molar-refractivity contribution >= 4 is 38.8 Å². The summed E-state index contributed by atoms with van der Waals surface area (Å²) in [5, 5.41) is 9.38. The first-order valence-corrected chi connectivity index (χ1v) is 9.21. The molecule has 0 spiro atoms. The molecule has 3 heterocycles. The summed E-state index contributed by atoms with van der Waals surface area (Å²) in [5.74, 6) is -0.0842. The summed E-state index contributed by atoms with van der Waals surface area (Å²) in [6.45, 7) is 0.488. The lowest BCUT2D eigenvalue weighted by molar-refractivity contribution is 0.0949. The van der Waals surface area contributed by atoms with E-state index in [1.165, 1.54) is 11.3 Å². The van der Waals surface area contributed by atoms with Gasteiger partial charge in [-0.05, 0) is 35.7 Å². The molecule has 0 bridgehead atoms. The van der Waals surface area contributed by atoms with Gasteiger partial charge in [0.25, 0.3) is 5.91 Å². The van der Waals surface area contributed by atoms with Crippen LogP contribution in [-0.4, -0.2) is 27.2 Å². The van der Waals surface area contributed by atoms with E-state index in [-0.39, 0.29) is 11.9 Å². The predicted octanol–water partition coefficient (Wildman–Crippen LogP) is 3.57. The van der Waals surface area contributed by atoms with Crippen molar-refractivity contribution in [2.24, 2.45) is 0 Å². The zero-order valence-corrected chi connectivity index (χ0v) is 14.3. The number of benzene rings is 1. The number of amides is 1. The van der Waals surface area contributed by atoms with Crippen LogP contribution in [0.15, 0.2) is 59.7 Å². The van der Waals surface area contributed by atoms with Crippen molar-refractivity contribution in [2.75, 3.05) is 6.54 Å². The van der Waals surface area contributed by atoms with Crippen molar-refractivity contribution in [1.82, 2.24) is 20.1 Å². The molecule has 1 atom stereocenters. The molecule has 5 nitrogen and oxygen atoms in total. The van der Waals surface area contributed by atoms with E-state index < -0.39 is 0 Å². The lowest BCUT2D eigenvalue weighted by Gasteiger charge is -2.17. The number of hydrogen-bond donors (Lipinski definition) is 1. The summed E-state index contributed by atoms with van der Waals surface area (Å²) in [7, 11) is 0. The number of fused-ring (bicyclic) bond motifs is 1. The molecule has 7 heteroatoms. The normalized spacial score (nSPS) is 12.3. The summed E-state index contributed by atoms with van der Waals surface area (Å²) in [6, 6.07) is 11.5. The average Bonchev–Trinajstić information content (AvgIpc) is 3.36. The Morgan fingerprint density at radius 2 is 2.21 bits per heavy atom. The van der Waals surface area contributed by atoms with Crippen molar-refractivity contribution < 1.29 is 4.79 Å². The van der Waals surface area contributed by atoms with Crippen LogP contribution in [-0.2, 0) is 0 Å². The first-order chi connectivity index (χ1) is 11.8. The molecule has 4 aromatic rings. The average molecular weight is 354 g/mol. The Bertz CT molecular complexity index is 910. The third-order valence-corrected chi connectivity index (χ3v) is 5.53. The number of carbonyl (C=O) groups is 1. The van der Waals surface area contributed by atoms with Crippen LogP contribution in [0.1, 0.15) is 21.3 Å². The zero-order valence-electron chi connectivity index (χ0n) is 12.6. The van der Waals surface area contributed by atoms with E-state index in [4.69, 9.17) is 0 Å². The van der Waals surface area contributed by atoms with Gasteiger partial charge in [0.15, 0.2) is 0 Å². The molecule has 0 fully saturated rings. The van der Waals surface area contributed by atoms with Gasteiger partial charge in [0, 0.05) is 29.4 Å². The smallest absolute Gasteiger partial charge is 0.251 e. The summed E-state index contributed by atoms with van der Waals surface area (Å²) in [4.78, 5) is 17.9. The van der Waals surface area contributed by atoms with Crippen molar-refractivity contribution in [3.63, 3.8) is 0 Å². The van der Waals surface area contributed by atoms with Crippen LogP contribution in [0.3, 0.4) is 0 Å². The minimum absolute atomic E-state index is 0.00362. The van der Waals surface area contributed by atoms with E-state index in [1.54, 1.807) is 23.0 Å². The molecule has 0 aliphatic rings. The first-order valence-electron chi connectivity index (χ1n) is 7.45. The van der Waals surface area contributed by atoms with E-state index in [2.05, 4.69) is 21.5 Å². The Hall–Kier alpha value is -2.51. The third kappa shape index (κ3) is 2.95. The second-order valence-corrected chi connectivity index (χ2v) is 7.13. The van der Waals surface area contributed by atoms with Gasteiger partial charge in [-0.25, -0.2) is 4.98 Å². The van der Waals surface area contributed by atoms with Crippen molar-refractivity contribution in [3.05, 3.63) is 70.1 Å². The molecule has 0 radical (unpaired) electrons. The highest BCUT2D eigenvalue weighted by atomic mass is 32.1. The van der Waals surface area contributed by atoms with E-state index in [0.29, 0.717) is 12.1 Å². The Morgan fingerprint density at radius 3 is 3.00 bits per heavy atom. The van der Waals surface area contributed by atoms with Gasteiger partial charge < -0.3 is 5.32 Å². The van der Waals surface area contributed by atoms with Gasteiger partial charge in [-0.2, -0.15) is 5.10 Å². The van der Waals surface area contributed by atoms with Crippen LogP contribution < -0.4 is 5.32 Å². The van der Waals surface area contributed by atoms with Crippen LogP contribution >= 0.6 is 22.7 Å². The summed E-state index contributed by atoms with van der Waals surface area (Å²) < 4.78 is 2.89. The minimum Gasteiger partial charge on any atom is -0.350 e. The fraction of sp³-hybridized carbons (Fsp3) is 0.118. The van der Waals surface area contributed by atoms with Gasteiger partial charge in [-0.15, -0.1) is 22.7 Å². The van der Waals surface area contributed by atoms with Gasteiger partial charge in [-0.1, -0.05) is 6.07 Å². The van der Waals surface area contributed by atoms with Crippen LogP contribution in [0.5, 0.6) is 0 Å². The van der Waals surface area contributed by atoms with Gasteiger partial charge in [0.1, 0.15) is 6.04 Å². The number of nitrogens with one attached hydrogen (secondary N) is 1. The summed E-state index contributed by atoms with van der Waals surface area (Å²) in [5.41, 5.74) is 3.36. The molecule has 0 aliphatic carbocycles. The SMILES string of the molecule is O=C(NC[C@H](c1cccs1)n1cccn1)c1ccc2ncsc2c1. The highest BCUT2D eigenvalue weighted by molar-refractivity contribution is 7.16. The molecule has 1 amide bonds. The Morgan fingerprint density at radius 1 is 1.25 bits per heavy atom. The number of thiazole rings is 1. The van der Waals surface area contributed by atoms with Crippen LogP contribution in [0, 0.1) is 0 Å². The molecule has 24 heavy (non-hydrogen) atoms. The highest BCUT2D eigenvalue weighted by Crippen LogP contribution is 2.22. The van der Waals surface area contributed by atoms with Crippen molar-refractivity contribution in [3.8, 4) is 0 Å². The topological polar surface area (TPSA) is 59.8 Å². The molecule has 0 unspecified atom stereocenters. The van der Waals surface area contributed by atoms with Crippen LogP contribution in [0.25, 0.3) is 10.2 Å². The molecule has 0 aliphatic heterocycles. The number of thiophene rings is 1. The first kappa shape index (κ1) is 15.0. The molecule has 0 saturated carbocycles. The highest BCUT2D eigenvalue weighted by Gasteiger charge is 2.17. The largest absolute Gasteiger partial charge is 0.350 e. The standard InChI is InChI=1S/C17H14N4OS2/c22-17(12-4-5-13-16(9-12)24-11-19-13)18-10-14(15-3-1-8-23-15)21-7-2-6-20-21/h1-9,11,14H,10H2,(H,18,22)/t14-/m1/s1. The number of hydrogen-bond acceptors (Lipinski definition) is 5. The molecule has 1 aromatic carbocycles. The van der Waals surface area contributed by atoms with E-state index in [0.717, 1.165) is 15.1 Å². The second-order valence-electron chi connectivity index (χ2n) is 5.26. The van der Waals surface area contributed by atoms with E-state index >= 15 is 0 Å². The number of nitrogens with zero attached hydrogens (tertiary/aromatic N) is 3. The molecule has 1 N–H and O–H groups in total.